The minimum atomic E-state index is 0.212. The van der Waals surface area contributed by atoms with Crippen LogP contribution < -0.4 is 10.6 Å². The third kappa shape index (κ3) is 3.93. The smallest absolute Gasteiger partial charge is 0.221 e. The predicted octanol–water partition coefficient (Wildman–Crippen LogP) is 1.36. The molecule has 0 spiro atoms. The molecule has 2 aliphatic heterocycles. The standard InChI is InChI=1S/C15H29N3O/c1-11(2)10-17-15(19)6-7-18-13-4-5-14(18)9-12(8-13)16-3/h11-14,16H,4-10H2,1-3H3,(H,17,19). The van der Waals surface area contributed by atoms with Crippen molar-refractivity contribution in [2.45, 2.75) is 64.1 Å². The summed E-state index contributed by atoms with van der Waals surface area (Å²) in [4.78, 5) is 14.4. The Morgan fingerprint density at radius 2 is 1.89 bits per heavy atom. The monoisotopic (exact) mass is 267 g/mol. The maximum atomic E-state index is 11.8. The van der Waals surface area contributed by atoms with Crippen LogP contribution in [0, 0.1) is 5.92 Å². The molecule has 2 heterocycles. The third-order valence-electron chi connectivity index (χ3n) is 4.60. The fourth-order valence-electron chi connectivity index (χ4n) is 3.51. The summed E-state index contributed by atoms with van der Waals surface area (Å²) in [5.74, 6) is 0.746. The molecular formula is C15H29N3O. The molecule has 2 atom stereocenters. The van der Waals surface area contributed by atoms with Crippen molar-refractivity contribution in [1.82, 2.24) is 15.5 Å². The van der Waals surface area contributed by atoms with Gasteiger partial charge in [-0.05, 0) is 38.6 Å². The molecule has 0 aliphatic carbocycles. The first-order chi connectivity index (χ1) is 9.10. The summed E-state index contributed by atoms with van der Waals surface area (Å²) < 4.78 is 0. The van der Waals surface area contributed by atoms with Gasteiger partial charge in [0.05, 0.1) is 0 Å². The summed E-state index contributed by atoms with van der Waals surface area (Å²) in [7, 11) is 2.07. The van der Waals surface area contributed by atoms with Crippen molar-refractivity contribution in [3.8, 4) is 0 Å². The summed E-state index contributed by atoms with van der Waals surface area (Å²) in [6, 6.07) is 2.09. The van der Waals surface area contributed by atoms with Gasteiger partial charge in [-0.3, -0.25) is 9.69 Å². The molecule has 2 unspecified atom stereocenters. The zero-order valence-electron chi connectivity index (χ0n) is 12.6. The third-order valence-corrected chi connectivity index (χ3v) is 4.60. The lowest BCUT2D eigenvalue weighted by atomic mass is 9.97. The largest absolute Gasteiger partial charge is 0.356 e. The molecule has 110 valence electrons. The van der Waals surface area contributed by atoms with Crippen molar-refractivity contribution < 1.29 is 4.79 Å². The lowest BCUT2D eigenvalue weighted by Crippen LogP contribution is -2.49. The van der Waals surface area contributed by atoms with Crippen LogP contribution in [0.25, 0.3) is 0 Å². The van der Waals surface area contributed by atoms with Crippen molar-refractivity contribution in [2.75, 3.05) is 20.1 Å². The van der Waals surface area contributed by atoms with Gasteiger partial charge >= 0.3 is 0 Å². The Bertz CT molecular complexity index is 292. The lowest BCUT2D eigenvalue weighted by Gasteiger charge is -2.38. The first-order valence-electron chi connectivity index (χ1n) is 7.79. The highest BCUT2D eigenvalue weighted by Gasteiger charge is 2.39. The number of piperidine rings is 1. The SMILES string of the molecule is CNC1CC2CCC(C1)N2CCC(=O)NCC(C)C. The number of amides is 1. The van der Waals surface area contributed by atoms with Gasteiger partial charge in [0, 0.05) is 37.6 Å². The molecule has 1 amide bonds. The highest BCUT2D eigenvalue weighted by atomic mass is 16.1. The molecule has 0 aromatic heterocycles. The number of hydrogen-bond donors (Lipinski definition) is 2. The molecule has 4 nitrogen and oxygen atoms in total. The van der Waals surface area contributed by atoms with Gasteiger partial charge in [0.25, 0.3) is 0 Å². The second-order valence-corrected chi connectivity index (χ2v) is 6.53. The number of rotatable bonds is 6. The van der Waals surface area contributed by atoms with Crippen LogP contribution in [0.3, 0.4) is 0 Å². The fraction of sp³-hybridized carbons (Fsp3) is 0.933. The Kier molecular flexibility index (Phi) is 5.22. The van der Waals surface area contributed by atoms with Gasteiger partial charge in [-0.25, -0.2) is 0 Å². The van der Waals surface area contributed by atoms with Crippen molar-refractivity contribution >= 4 is 5.91 Å². The van der Waals surface area contributed by atoms with Crippen LogP contribution in [-0.2, 0) is 4.79 Å². The molecule has 4 heteroatoms. The average molecular weight is 267 g/mol. The second kappa shape index (κ2) is 6.71. The number of carbonyl (C=O) groups excluding carboxylic acids is 1. The van der Waals surface area contributed by atoms with E-state index in [-0.39, 0.29) is 5.91 Å². The van der Waals surface area contributed by atoms with Gasteiger partial charge in [-0.15, -0.1) is 0 Å². The van der Waals surface area contributed by atoms with Crippen molar-refractivity contribution in [1.29, 1.82) is 0 Å². The van der Waals surface area contributed by atoms with Gasteiger partial charge in [0.1, 0.15) is 0 Å². The summed E-state index contributed by atoms with van der Waals surface area (Å²) in [5, 5.41) is 6.43. The van der Waals surface area contributed by atoms with E-state index in [1.54, 1.807) is 0 Å². The molecule has 0 saturated carbocycles. The summed E-state index contributed by atoms with van der Waals surface area (Å²) in [6.07, 6.45) is 5.79. The van der Waals surface area contributed by atoms with Crippen LogP contribution in [0.15, 0.2) is 0 Å². The Hall–Kier alpha value is -0.610. The van der Waals surface area contributed by atoms with Gasteiger partial charge < -0.3 is 10.6 Å². The molecule has 2 aliphatic rings. The minimum Gasteiger partial charge on any atom is -0.356 e. The molecule has 2 saturated heterocycles. The Morgan fingerprint density at radius 1 is 1.26 bits per heavy atom. The van der Waals surface area contributed by atoms with E-state index in [1.807, 2.05) is 0 Å². The molecule has 2 rings (SSSR count). The Morgan fingerprint density at radius 3 is 2.42 bits per heavy atom. The molecule has 2 N–H and O–H groups in total. The van der Waals surface area contributed by atoms with Crippen molar-refractivity contribution in [3.05, 3.63) is 0 Å². The molecule has 2 fully saturated rings. The predicted molar refractivity (Wildman–Crippen MR) is 78.1 cm³/mol. The molecule has 0 aromatic carbocycles. The topological polar surface area (TPSA) is 44.4 Å². The van der Waals surface area contributed by atoms with E-state index in [9.17, 15) is 4.79 Å². The summed E-state index contributed by atoms with van der Waals surface area (Å²) >= 11 is 0. The summed E-state index contributed by atoms with van der Waals surface area (Å²) in [5.41, 5.74) is 0. The van der Waals surface area contributed by atoms with E-state index in [1.165, 1.54) is 25.7 Å². The van der Waals surface area contributed by atoms with Gasteiger partial charge in [0.2, 0.25) is 5.91 Å². The van der Waals surface area contributed by atoms with E-state index in [0.29, 0.717) is 30.5 Å². The zero-order chi connectivity index (χ0) is 13.8. The Labute approximate surface area is 117 Å². The first kappa shape index (κ1) is 14.8. The van der Waals surface area contributed by atoms with E-state index in [4.69, 9.17) is 0 Å². The maximum Gasteiger partial charge on any atom is 0.221 e. The van der Waals surface area contributed by atoms with Crippen molar-refractivity contribution in [2.24, 2.45) is 5.92 Å². The van der Waals surface area contributed by atoms with Crippen LogP contribution in [0.5, 0.6) is 0 Å². The Balaban J connectivity index is 1.73. The molecule has 0 radical (unpaired) electrons. The minimum absolute atomic E-state index is 0.212. The quantitative estimate of drug-likeness (QED) is 0.764. The van der Waals surface area contributed by atoms with Crippen LogP contribution in [0.4, 0.5) is 0 Å². The lowest BCUT2D eigenvalue weighted by molar-refractivity contribution is -0.121. The maximum absolute atomic E-state index is 11.8. The number of carbonyl (C=O) groups is 1. The molecule has 2 bridgehead atoms. The number of nitrogens with one attached hydrogen (secondary N) is 2. The van der Waals surface area contributed by atoms with Gasteiger partial charge in [-0.2, -0.15) is 0 Å². The number of hydrogen-bond acceptors (Lipinski definition) is 3. The van der Waals surface area contributed by atoms with E-state index >= 15 is 0 Å². The van der Waals surface area contributed by atoms with E-state index in [2.05, 4.69) is 36.4 Å². The van der Waals surface area contributed by atoms with Gasteiger partial charge in [0.15, 0.2) is 0 Å². The van der Waals surface area contributed by atoms with Crippen LogP contribution >= 0.6 is 0 Å². The van der Waals surface area contributed by atoms with E-state index in [0.717, 1.165) is 13.1 Å². The molecule has 19 heavy (non-hydrogen) atoms. The average Bonchev–Trinajstić information content (AvgIpc) is 2.62. The molecular weight excluding hydrogens is 238 g/mol. The fourth-order valence-corrected chi connectivity index (χ4v) is 3.51. The van der Waals surface area contributed by atoms with Crippen molar-refractivity contribution in [3.63, 3.8) is 0 Å². The first-order valence-corrected chi connectivity index (χ1v) is 7.79. The van der Waals surface area contributed by atoms with Crippen LogP contribution in [0.1, 0.15) is 46.0 Å². The van der Waals surface area contributed by atoms with E-state index < -0.39 is 0 Å². The highest BCUT2D eigenvalue weighted by Crippen LogP contribution is 2.35. The van der Waals surface area contributed by atoms with Gasteiger partial charge in [-0.1, -0.05) is 13.8 Å². The van der Waals surface area contributed by atoms with Crippen LogP contribution in [0.2, 0.25) is 0 Å². The summed E-state index contributed by atoms with van der Waals surface area (Å²) in [6.45, 7) is 6.00. The van der Waals surface area contributed by atoms with Crippen LogP contribution in [-0.4, -0.2) is 49.1 Å². The zero-order valence-corrected chi connectivity index (χ0v) is 12.6. The normalized spacial score (nSPS) is 30.8. The number of fused-ring (bicyclic) bond motifs is 2. The second-order valence-electron chi connectivity index (χ2n) is 6.53. The highest BCUT2D eigenvalue weighted by molar-refractivity contribution is 5.76. The number of nitrogens with zero attached hydrogens (tertiary/aromatic N) is 1. The molecule has 0 aromatic rings.